The molecular weight excluding hydrogens is 306 g/mol. The molecule has 0 radical (unpaired) electrons. The Morgan fingerprint density at radius 3 is 2.74 bits per heavy atom. The van der Waals surface area contributed by atoms with Gasteiger partial charge >= 0.3 is 5.69 Å². The van der Waals surface area contributed by atoms with E-state index in [4.69, 9.17) is 0 Å². The van der Waals surface area contributed by atoms with Gasteiger partial charge in [-0.1, -0.05) is 12.1 Å². The van der Waals surface area contributed by atoms with Gasteiger partial charge in [-0.3, -0.25) is 4.57 Å². The van der Waals surface area contributed by atoms with Gasteiger partial charge < -0.3 is 4.98 Å². The summed E-state index contributed by atoms with van der Waals surface area (Å²) in [5, 5.41) is 0. The van der Waals surface area contributed by atoms with E-state index in [1.165, 1.54) is 0 Å². The van der Waals surface area contributed by atoms with Crippen molar-refractivity contribution in [1.29, 1.82) is 0 Å². The fraction of sp³-hybridized carbons (Fsp3) is 0.143. The van der Waals surface area contributed by atoms with Crippen LogP contribution in [0, 0.1) is 13.8 Å². The normalized spacial score (nSPS) is 11.1. The molecule has 0 unspecified atom stereocenters. The Morgan fingerprint density at radius 2 is 2.00 bits per heavy atom. The lowest BCUT2D eigenvalue weighted by Crippen LogP contribution is -2.16. The number of imidazole rings is 1. The van der Waals surface area contributed by atoms with Crippen molar-refractivity contribution in [3.63, 3.8) is 0 Å². The van der Waals surface area contributed by atoms with Crippen LogP contribution in [0.5, 0.6) is 0 Å². The highest BCUT2D eigenvalue weighted by molar-refractivity contribution is 9.10. The van der Waals surface area contributed by atoms with Gasteiger partial charge in [0.1, 0.15) is 4.60 Å². The van der Waals surface area contributed by atoms with Crippen molar-refractivity contribution in [2.24, 2.45) is 0 Å². The van der Waals surface area contributed by atoms with Gasteiger partial charge in [-0.15, -0.1) is 0 Å². The van der Waals surface area contributed by atoms with Gasteiger partial charge in [-0.05, 0) is 53.5 Å². The van der Waals surface area contributed by atoms with Crippen molar-refractivity contribution in [1.82, 2.24) is 14.5 Å². The molecular formula is C14H12BrN3O. The Morgan fingerprint density at radius 1 is 1.21 bits per heavy atom. The summed E-state index contributed by atoms with van der Waals surface area (Å²) in [5.74, 6) is 0. The van der Waals surface area contributed by atoms with Crippen LogP contribution in [0.4, 0.5) is 0 Å². The van der Waals surface area contributed by atoms with Crippen molar-refractivity contribution < 1.29 is 0 Å². The second-order valence-corrected chi connectivity index (χ2v) is 5.29. The van der Waals surface area contributed by atoms with Crippen LogP contribution in [0.3, 0.4) is 0 Å². The SMILES string of the molecule is Cc1nc(Br)ccc1-n1c(=O)[nH]c2cccc(C)c21. The summed E-state index contributed by atoms with van der Waals surface area (Å²) in [7, 11) is 0. The van der Waals surface area contributed by atoms with Gasteiger partial charge in [0.15, 0.2) is 0 Å². The minimum atomic E-state index is -0.142. The van der Waals surface area contributed by atoms with Crippen molar-refractivity contribution in [2.75, 3.05) is 0 Å². The summed E-state index contributed by atoms with van der Waals surface area (Å²) in [6.07, 6.45) is 0. The Labute approximate surface area is 118 Å². The van der Waals surface area contributed by atoms with Crippen molar-refractivity contribution in [3.8, 4) is 5.69 Å². The Bertz CT molecular complexity index is 832. The fourth-order valence-corrected chi connectivity index (χ4v) is 2.72. The molecule has 0 fully saturated rings. The number of aryl methyl sites for hydroxylation is 2. The first-order chi connectivity index (χ1) is 9.08. The number of halogens is 1. The molecule has 0 aliphatic heterocycles. The van der Waals surface area contributed by atoms with Crippen LogP contribution in [0.25, 0.3) is 16.7 Å². The molecule has 0 saturated carbocycles. The quantitative estimate of drug-likeness (QED) is 0.701. The van der Waals surface area contributed by atoms with Crippen molar-refractivity contribution in [2.45, 2.75) is 13.8 Å². The lowest BCUT2D eigenvalue weighted by Gasteiger charge is -2.08. The highest BCUT2D eigenvalue weighted by Gasteiger charge is 2.13. The van der Waals surface area contributed by atoms with Crippen molar-refractivity contribution in [3.05, 3.63) is 56.7 Å². The molecule has 3 rings (SSSR count). The smallest absolute Gasteiger partial charge is 0.305 e. The Hall–Kier alpha value is -1.88. The molecule has 19 heavy (non-hydrogen) atoms. The zero-order valence-corrected chi connectivity index (χ0v) is 12.2. The molecule has 0 amide bonds. The van der Waals surface area contributed by atoms with Crippen LogP contribution in [-0.2, 0) is 0 Å². The summed E-state index contributed by atoms with van der Waals surface area (Å²) in [5.41, 5.74) is 4.26. The van der Waals surface area contributed by atoms with Crippen LogP contribution in [0.2, 0.25) is 0 Å². The lowest BCUT2D eigenvalue weighted by molar-refractivity contribution is 0.972. The maximum Gasteiger partial charge on any atom is 0.331 e. The van der Waals surface area contributed by atoms with Gasteiger partial charge in [0.05, 0.1) is 22.4 Å². The minimum absolute atomic E-state index is 0.142. The standard InChI is InChI=1S/C14H12BrN3O/c1-8-4-3-5-10-13(8)18(14(19)17-10)11-6-7-12(15)16-9(11)2/h3-7H,1-2H3,(H,17,19). The van der Waals surface area contributed by atoms with E-state index in [9.17, 15) is 4.79 Å². The predicted octanol–water partition coefficient (Wildman–Crippen LogP) is 3.09. The second-order valence-electron chi connectivity index (χ2n) is 4.48. The van der Waals surface area contributed by atoms with E-state index in [-0.39, 0.29) is 5.69 Å². The maximum absolute atomic E-state index is 12.2. The lowest BCUT2D eigenvalue weighted by atomic mass is 10.2. The predicted molar refractivity (Wildman–Crippen MR) is 78.9 cm³/mol. The second kappa shape index (κ2) is 4.35. The molecule has 2 heterocycles. The van der Waals surface area contributed by atoms with Crippen LogP contribution in [-0.4, -0.2) is 14.5 Å². The molecule has 0 aliphatic carbocycles. The van der Waals surface area contributed by atoms with Crippen LogP contribution >= 0.6 is 15.9 Å². The average Bonchev–Trinajstić information content (AvgIpc) is 2.67. The number of nitrogens with zero attached hydrogens (tertiary/aromatic N) is 2. The van der Waals surface area contributed by atoms with Gasteiger partial charge in [0.25, 0.3) is 0 Å². The fourth-order valence-electron chi connectivity index (χ4n) is 2.32. The number of hydrogen-bond acceptors (Lipinski definition) is 2. The highest BCUT2D eigenvalue weighted by atomic mass is 79.9. The van der Waals surface area contributed by atoms with E-state index in [0.29, 0.717) is 0 Å². The van der Waals surface area contributed by atoms with Crippen LogP contribution in [0.1, 0.15) is 11.3 Å². The molecule has 96 valence electrons. The number of fused-ring (bicyclic) bond motifs is 1. The number of aromatic amines is 1. The van der Waals surface area contributed by atoms with E-state index in [0.717, 1.165) is 32.6 Å². The minimum Gasteiger partial charge on any atom is -0.305 e. The Kier molecular flexibility index (Phi) is 2.78. The number of para-hydroxylation sites is 1. The first-order valence-electron chi connectivity index (χ1n) is 5.92. The summed E-state index contributed by atoms with van der Waals surface area (Å²) in [6.45, 7) is 3.89. The number of benzene rings is 1. The number of H-pyrrole nitrogens is 1. The molecule has 2 aromatic heterocycles. The third-order valence-corrected chi connectivity index (χ3v) is 3.61. The van der Waals surface area contributed by atoms with Crippen molar-refractivity contribution >= 4 is 27.0 Å². The topological polar surface area (TPSA) is 50.7 Å². The largest absolute Gasteiger partial charge is 0.331 e. The zero-order valence-electron chi connectivity index (χ0n) is 10.6. The summed E-state index contributed by atoms with van der Waals surface area (Å²) < 4.78 is 2.44. The number of hydrogen-bond donors (Lipinski definition) is 1. The molecule has 1 aromatic carbocycles. The summed E-state index contributed by atoms with van der Waals surface area (Å²) in [4.78, 5) is 19.4. The summed E-state index contributed by atoms with van der Waals surface area (Å²) >= 11 is 3.34. The number of rotatable bonds is 1. The van der Waals surface area contributed by atoms with Crippen LogP contribution < -0.4 is 5.69 Å². The van der Waals surface area contributed by atoms with Gasteiger partial charge in [-0.25, -0.2) is 9.78 Å². The zero-order chi connectivity index (χ0) is 13.6. The molecule has 0 saturated heterocycles. The van der Waals surface area contributed by atoms with Gasteiger partial charge in [0.2, 0.25) is 0 Å². The average molecular weight is 318 g/mol. The monoisotopic (exact) mass is 317 g/mol. The molecule has 0 atom stereocenters. The number of pyridine rings is 1. The molecule has 0 bridgehead atoms. The van der Waals surface area contributed by atoms with Gasteiger partial charge in [0, 0.05) is 0 Å². The molecule has 1 N–H and O–H groups in total. The van der Waals surface area contributed by atoms with Crippen LogP contribution in [0.15, 0.2) is 39.7 Å². The van der Waals surface area contributed by atoms with Gasteiger partial charge in [-0.2, -0.15) is 0 Å². The maximum atomic E-state index is 12.2. The number of aromatic nitrogens is 3. The first kappa shape index (κ1) is 12.2. The molecule has 5 heteroatoms. The molecule has 0 aliphatic rings. The Balaban J connectivity index is 2.42. The van der Waals surface area contributed by atoms with E-state index >= 15 is 0 Å². The summed E-state index contributed by atoms with van der Waals surface area (Å²) in [6, 6.07) is 9.57. The third kappa shape index (κ3) is 1.90. The highest BCUT2D eigenvalue weighted by Crippen LogP contribution is 2.21. The number of nitrogens with one attached hydrogen (secondary N) is 1. The van der Waals surface area contributed by atoms with E-state index < -0.39 is 0 Å². The first-order valence-corrected chi connectivity index (χ1v) is 6.71. The third-order valence-electron chi connectivity index (χ3n) is 3.17. The molecule has 4 nitrogen and oxygen atoms in total. The van der Waals surface area contributed by atoms with E-state index in [2.05, 4.69) is 25.9 Å². The van der Waals surface area contributed by atoms with E-state index in [1.54, 1.807) is 4.57 Å². The van der Waals surface area contributed by atoms with E-state index in [1.807, 2.05) is 44.2 Å². The molecule has 3 aromatic rings. The molecule has 0 spiro atoms.